The monoisotopic (exact) mass is 305 g/mol. The van der Waals surface area contributed by atoms with Crippen LogP contribution < -0.4 is 5.32 Å². The number of benzene rings is 2. The Morgan fingerprint density at radius 1 is 0.870 bits per heavy atom. The number of hydrogen-bond donors (Lipinski definition) is 1. The van der Waals surface area contributed by atoms with Crippen LogP contribution in [0, 0.1) is 5.92 Å². The van der Waals surface area contributed by atoms with Crippen LogP contribution >= 0.6 is 0 Å². The third-order valence-corrected chi connectivity index (χ3v) is 5.34. The summed E-state index contributed by atoms with van der Waals surface area (Å²) in [5.41, 5.74) is 4.97. The zero-order valence-electron chi connectivity index (χ0n) is 13.4. The Bertz CT molecular complexity index is 670. The largest absolute Gasteiger partial charge is 0.345 e. The first-order chi connectivity index (χ1) is 11.3. The maximum absolute atomic E-state index is 12.6. The van der Waals surface area contributed by atoms with E-state index in [2.05, 4.69) is 53.8 Å². The van der Waals surface area contributed by atoms with E-state index in [9.17, 15) is 4.79 Å². The number of hydrogen-bond acceptors (Lipinski definition) is 1. The summed E-state index contributed by atoms with van der Waals surface area (Å²) in [7, 11) is 0. The van der Waals surface area contributed by atoms with E-state index in [4.69, 9.17) is 0 Å². The Morgan fingerprint density at radius 3 is 2.04 bits per heavy atom. The second-order valence-electron chi connectivity index (χ2n) is 6.88. The van der Waals surface area contributed by atoms with Crippen molar-refractivity contribution in [2.75, 3.05) is 0 Å². The van der Waals surface area contributed by atoms with E-state index in [1.54, 1.807) is 0 Å². The van der Waals surface area contributed by atoms with Gasteiger partial charge in [-0.25, -0.2) is 0 Å². The summed E-state index contributed by atoms with van der Waals surface area (Å²) < 4.78 is 0. The molecule has 0 atom stereocenters. The van der Waals surface area contributed by atoms with Gasteiger partial charge >= 0.3 is 0 Å². The van der Waals surface area contributed by atoms with Gasteiger partial charge in [0.05, 0.1) is 6.04 Å². The summed E-state index contributed by atoms with van der Waals surface area (Å²) >= 11 is 0. The van der Waals surface area contributed by atoms with E-state index in [0.29, 0.717) is 12.3 Å². The quantitative estimate of drug-likeness (QED) is 0.863. The molecule has 2 heteroatoms. The first-order valence-corrected chi connectivity index (χ1v) is 8.80. The zero-order chi connectivity index (χ0) is 15.6. The van der Waals surface area contributed by atoms with Crippen molar-refractivity contribution in [3.05, 3.63) is 59.7 Å². The molecule has 0 aromatic heterocycles. The van der Waals surface area contributed by atoms with Crippen molar-refractivity contribution in [2.24, 2.45) is 5.92 Å². The second kappa shape index (κ2) is 6.19. The van der Waals surface area contributed by atoms with E-state index < -0.39 is 0 Å². The minimum Gasteiger partial charge on any atom is -0.345 e. The molecule has 2 nitrogen and oxygen atoms in total. The SMILES string of the molecule is O=C(CC1CCCCC1)NC1c2ccccc2-c2ccccc21. The highest BCUT2D eigenvalue weighted by Gasteiger charge is 2.29. The van der Waals surface area contributed by atoms with E-state index in [-0.39, 0.29) is 11.9 Å². The van der Waals surface area contributed by atoms with Gasteiger partial charge in [-0.15, -0.1) is 0 Å². The van der Waals surface area contributed by atoms with Crippen LogP contribution in [-0.4, -0.2) is 5.91 Å². The highest BCUT2D eigenvalue weighted by molar-refractivity contribution is 5.83. The lowest BCUT2D eigenvalue weighted by molar-refractivity contribution is -0.122. The molecule has 118 valence electrons. The fourth-order valence-corrected chi connectivity index (χ4v) is 4.18. The van der Waals surface area contributed by atoms with Gasteiger partial charge in [0.15, 0.2) is 0 Å². The Labute approximate surface area is 137 Å². The summed E-state index contributed by atoms with van der Waals surface area (Å²) in [5, 5.41) is 3.30. The number of rotatable bonds is 3. The summed E-state index contributed by atoms with van der Waals surface area (Å²) in [5.74, 6) is 0.782. The van der Waals surface area contributed by atoms with Crippen molar-refractivity contribution in [1.29, 1.82) is 0 Å². The van der Waals surface area contributed by atoms with E-state index in [1.807, 2.05) is 0 Å². The molecule has 0 heterocycles. The molecule has 4 rings (SSSR count). The van der Waals surface area contributed by atoms with Crippen molar-refractivity contribution in [1.82, 2.24) is 5.32 Å². The summed E-state index contributed by atoms with van der Waals surface area (Å²) in [6, 6.07) is 16.9. The first-order valence-electron chi connectivity index (χ1n) is 8.80. The highest BCUT2D eigenvalue weighted by atomic mass is 16.1. The summed E-state index contributed by atoms with van der Waals surface area (Å²) in [4.78, 5) is 12.6. The Kier molecular flexibility index (Phi) is 3.90. The topological polar surface area (TPSA) is 29.1 Å². The van der Waals surface area contributed by atoms with Crippen LogP contribution in [0.25, 0.3) is 11.1 Å². The van der Waals surface area contributed by atoms with Gasteiger partial charge in [0.2, 0.25) is 5.91 Å². The molecule has 0 unspecified atom stereocenters. The zero-order valence-corrected chi connectivity index (χ0v) is 13.4. The maximum atomic E-state index is 12.6. The Hall–Kier alpha value is -2.09. The fourth-order valence-electron chi connectivity index (χ4n) is 4.18. The highest BCUT2D eigenvalue weighted by Crippen LogP contribution is 2.43. The van der Waals surface area contributed by atoms with Crippen molar-refractivity contribution in [3.8, 4) is 11.1 Å². The third-order valence-electron chi connectivity index (χ3n) is 5.34. The molecule has 1 amide bonds. The van der Waals surface area contributed by atoms with E-state index in [0.717, 1.165) is 0 Å². The lowest BCUT2D eigenvalue weighted by Crippen LogP contribution is -2.30. The van der Waals surface area contributed by atoms with Gasteiger partial charge in [0.1, 0.15) is 0 Å². The van der Waals surface area contributed by atoms with Gasteiger partial charge in [-0.1, -0.05) is 67.8 Å². The molecule has 2 aromatic carbocycles. The number of carbonyl (C=O) groups is 1. The van der Waals surface area contributed by atoms with Crippen molar-refractivity contribution >= 4 is 5.91 Å². The number of amides is 1. The first kappa shape index (κ1) is 14.5. The molecule has 1 N–H and O–H groups in total. The smallest absolute Gasteiger partial charge is 0.221 e. The van der Waals surface area contributed by atoms with Crippen LogP contribution in [0.5, 0.6) is 0 Å². The van der Waals surface area contributed by atoms with Crippen LogP contribution in [0.4, 0.5) is 0 Å². The molecular formula is C21H23NO. The lowest BCUT2D eigenvalue weighted by atomic mass is 9.86. The number of fused-ring (bicyclic) bond motifs is 3. The average Bonchev–Trinajstić information content (AvgIpc) is 2.90. The van der Waals surface area contributed by atoms with Gasteiger partial charge in [-0.2, -0.15) is 0 Å². The Morgan fingerprint density at radius 2 is 1.43 bits per heavy atom. The molecule has 2 aliphatic carbocycles. The lowest BCUT2D eigenvalue weighted by Gasteiger charge is -2.22. The average molecular weight is 305 g/mol. The van der Waals surface area contributed by atoms with Gasteiger partial charge in [0.25, 0.3) is 0 Å². The molecule has 0 bridgehead atoms. The van der Waals surface area contributed by atoms with Crippen molar-refractivity contribution in [3.63, 3.8) is 0 Å². The van der Waals surface area contributed by atoms with Crippen LogP contribution in [-0.2, 0) is 4.79 Å². The van der Waals surface area contributed by atoms with Crippen molar-refractivity contribution in [2.45, 2.75) is 44.6 Å². The predicted octanol–water partition coefficient (Wildman–Crippen LogP) is 4.84. The molecule has 0 radical (unpaired) electrons. The van der Waals surface area contributed by atoms with Gasteiger partial charge < -0.3 is 5.32 Å². The predicted molar refractivity (Wildman–Crippen MR) is 93.1 cm³/mol. The molecule has 0 spiro atoms. The summed E-state index contributed by atoms with van der Waals surface area (Å²) in [6.45, 7) is 0. The maximum Gasteiger partial charge on any atom is 0.221 e. The number of carbonyl (C=O) groups excluding carboxylic acids is 1. The minimum absolute atomic E-state index is 0.0125. The van der Waals surface area contributed by atoms with Crippen LogP contribution in [0.15, 0.2) is 48.5 Å². The van der Waals surface area contributed by atoms with Crippen LogP contribution in [0.3, 0.4) is 0 Å². The molecule has 1 saturated carbocycles. The minimum atomic E-state index is 0.0125. The van der Waals surface area contributed by atoms with Gasteiger partial charge in [0, 0.05) is 6.42 Å². The normalized spacial score (nSPS) is 17.6. The number of nitrogens with one attached hydrogen (secondary N) is 1. The van der Waals surface area contributed by atoms with Crippen molar-refractivity contribution < 1.29 is 4.79 Å². The van der Waals surface area contributed by atoms with Gasteiger partial charge in [-0.3, -0.25) is 4.79 Å². The Balaban J connectivity index is 1.55. The molecule has 23 heavy (non-hydrogen) atoms. The van der Waals surface area contributed by atoms with Crippen LogP contribution in [0.1, 0.15) is 55.7 Å². The third kappa shape index (κ3) is 2.78. The molecule has 0 aliphatic heterocycles. The molecular weight excluding hydrogens is 282 g/mol. The fraction of sp³-hybridized carbons (Fsp3) is 0.381. The second-order valence-corrected chi connectivity index (χ2v) is 6.88. The standard InChI is InChI=1S/C21H23NO/c23-20(14-15-8-2-1-3-9-15)22-21-18-12-6-4-10-16(18)17-11-5-7-13-19(17)21/h4-7,10-13,15,21H,1-3,8-9,14H2,(H,22,23). The molecule has 2 aliphatic rings. The molecule has 2 aromatic rings. The van der Waals surface area contributed by atoms with E-state index >= 15 is 0 Å². The summed E-state index contributed by atoms with van der Waals surface area (Å²) in [6.07, 6.45) is 7.01. The van der Waals surface area contributed by atoms with E-state index in [1.165, 1.54) is 54.4 Å². The van der Waals surface area contributed by atoms with Gasteiger partial charge in [-0.05, 0) is 41.0 Å². The molecule has 0 saturated heterocycles. The molecule has 1 fully saturated rings. The van der Waals surface area contributed by atoms with Crippen LogP contribution in [0.2, 0.25) is 0 Å².